The zero-order chi connectivity index (χ0) is 17.7. The van der Waals surface area contributed by atoms with E-state index in [4.69, 9.17) is 9.47 Å². The van der Waals surface area contributed by atoms with Gasteiger partial charge in [-0.3, -0.25) is 0 Å². The van der Waals surface area contributed by atoms with Crippen molar-refractivity contribution in [3.63, 3.8) is 0 Å². The lowest BCUT2D eigenvalue weighted by molar-refractivity contribution is 0.0491. The van der Waals surface area contributed by atoms with E-state index in [1.165, 1.54) is 0 Å². The van der Waals surface area contributed by atoms with Crippen LogP contribution in [0.25, 0.3) is 0 Å². The maximum absolute atomic E-state index is 11.7. The molecule has 1 aliphatic rings. The SMILES string of the molecule is CC(C)(C)OC(=O)NC[C@@H]1CNC[C@H]1CNC(=O)OC(C)(C)C. The van der Waals surface area contributed by atoms with Crippen LogP contribution >= 0.6 is 0 Å². The number of nitrogens with one attached hydrogen (secondary N) is 3. The van der Waals surface area contributed by atoms with E-state index >= 15 is 0 Å². The van der Waals surface area contributed by atoms with Crippen molar-refractivity contribution in [3.05, 3.63) is 0 Å². The summed E-state index contributed by atoms with van der Waals surface area (Å²) in [6, 6.07) is 0. The van der Waals surface area contributed by atoms with E-state index in [2.05, 4.69) is 16.0 Å². The van der Waals surface area contributed by atoms with Crippen molar-refractivity contribution in [1.82, 2.24) is 16.0 Å². The van der Waals surface area contributed by atoms with Crippen LogP contribution in [0.15, 0.2) is 0 Å². The molecule has 0 aliphatic carbocycles. The highest BCUT2D eigenvalue weighted by Crippen LogP contribution is 2.16. The standard InChI is InChI=1S/C16H31N3O4/c1-15(2,3)22-13(20)18-9-11-7-17-8-12(11)10-19-14(21)23-16(4,5)6/h11-12,17H,7-10H2,1-6H3,(H,18,20)(H,19,21)/t11-,12-/m0/s1. The Labute approximate surface area is 138 Å². The zero-order valence-corrected chi connectivity index (χ0v) is 15.1. The highest BCUT2D eigenvalue weighted by molar-refractivity contribution is 5.68. The first-order chi connectivity index (χ1) is 10.5. The van der Waals surface area contributed by atoms with Crippen LogP contribution in [0.5, 0.6) is 0 Å². The summed E-state index contributed by atoms with van der Waals surface area (Å²) in [6.45, 7) is 13.6. The van der Waals surface area contributed by atoms with Crippen molar-refractivity contribution in [2.24, 2.45) is 11.8 Å². The summed E-state index contributed by atoms with van der Waals surface area (Å²) in [6.07, 6.45) is -0.827. The van der Waals surface area contributed by atoms with Crippen LogP contribution in [0.3, 0.4) is 0 Å². The normalized spacial score (nSPS) is 21.7. The second-order valence-electron chi connectivity index (χ2n) is 7.94. The van der Waals surface area contributed by atoms with Crippen molar-refractivity contribution >= 4 is 12.2 Å². The number of ether oxygens (including phenoxy) is 2. The minimum atomic E-state index is -0.504. The summed E-state index contributed by atoms with van der Waals surface area (Å²) in [7, 11) is 0. The summed E-state index contributed by atoms with van der Waals surface area (Å²) in [5, 5.41) is 8.87. The van der Waals surface area contributed by atoms with Gasteiger partial charge in [0.2, 0.25) is 0 Å². The lowest BCUT2D eigenvalue weighted by Crippen LogP contribution is -2.40. The Morgan fingerprint density at radius 3 is 1.52 bits per heavy atom. The predicted octanol–water partition coefficient (Wildman–Crippen LogP) is 1.87. The van der Waals surface area contributed by atoms with Gasteiger partial charge in [0.05, 0.1) is 0 Å². The molecule has 0 radical (unpaired) electrons. The van der Waals surface area contributed by atoms with E-state index in [1.807, 2.05) is 41.5 Å². The zero-order valence-electron chi connectivity index (χ0n) is 15.1. The van der Waals surface area contributed by atoms with Gasteiger partial charge in [-0.15, -0.1) is 0 Å². The first kappa shape index (κ1) is 19.5. The third-order valence-electron chi connectivity index (χ3n) is 3.29. The molecule has 2 amide bonds. The van der Waals surface area contributed by atoms with E-state index in [0.717, 1.165) is 13.1 Å². The molecule has 0 aromatic rings. The maximum Gasteiger partial charge on any atom is 0.407 e. The average molecular weight is 329 g/mol. The summed E-state index contributed by atoms with van der Waals surface area (Å²) < 4.78 is 10.5. The van der Waals surface area contributed by atoms with Crippen LogP contribution in [-0.2, 0) is 9.47 Å². The summed E-state index contributed by atoms with van der Waals surface area (Å²) in [4.78, 5) is 23.4. The van der Waals surface area contributed by atoms with Crippen LogP contribution in [0.2, 0.25) is 0 Å². The molecule has 7 nitrogen and oxygen atoms in total. The van der Waals surface area contributed by atoms with E-state index in [9.17, 15) is 9.59 Å². The Morgan fingerprint density at radius 1 is 0.870 bits per heavy atom. The molecule has 7 heteroatoms. The Balaban J connectivity index is 2.34. The second-order valence-corrected chi connectivity index (χ2v) is 7.94. The molecule has 1 saturated heterocycles. The molecular formula is C16H31N3O4. The van der Waals surface area contributed by atoms with Crippen LogP contribution in [0.1, 0.15) is 41.5 Å². The third-order valence-corrected chi connectivity index (χ3v) is 3.29. The lowest BCUT2D eigenvalue weighted by Gasteiger charge is -2.24. The monoisotopic (exact) mass is 329 g/mol. The molecule has 0 bridgehead atoms. The summed E-state index contributed by atoms with van der Waals surface area (Å²) in [5.74, 6) is 0.495. The van der Waals surface area contributed by atoms with Crippen LogP contribution < -0.4 is 16.0 Å². The average Bonchev–Trinajstić information content (AvgIpc) is 2.77. The van der Waals surface area contributed by atoms with E-state index in [-0.39, 0.29) is 11.8 Å². The molecule has 2 atom stereocenters. The number of alkyl carbamates (subject to hydrolysis) is 2. The van der Waals surface area contributed by atoms with Crippen molar-refractivity contribution in [2.45, 2.75) is 52.7 Å². The molecule has 0 spiro atoms. The highest BCUT2D eigenvalue weighted by Gasteiger charge is 2.29. The highest BCUT2D eigenvalue weighted by atomic mass is 16.6. The van der Waals surface area contributed by atoms with Gasteiger partial charge >= 0.3 is 12.2 Å². The maximum atomic E-state index is 11.7. The van der Waals surface area contributed by atoms with Crippen molar-refractivity contribution in [3.8, 4) is 0 Å². The number of carbonyl (C=O) groups excluding carboxylic acids is 2. The van der Waals surface area contributed by atoms with Crippen LogP contribution in [0.4, 0.5) is 9.59 Å². The number of hydrogen-bond donors (Lipinski definition) is 3. The summed E-state index contributed by atoms with van der Waals surface area (Å²) >= 11 is 0. The molecule has 1 fully saturated rings. The lowest BCUT2D eigenvalue weighted by atomic mass is 9.96. The number of hydrogen-bond acceptors (Lipinski definition) is 5. The number of rotatable bonds is 4. The fourth-order valence-corrected chi connectivity index (χ4v) is 2.32. The van der Waals surface area contributed by atoms with Crippen LogP contribution in [0, 0.1) is 11.8 Å². The quantitative estimate of drug-likeness (QED) is 0.733. The van der Waals surface area contributed by atoms with Crippen molar-refractivity contribution in [1.29, 1.82) is 0 Å². The van der Waals surface area contributed by atoms with Gasteiger partial charge in [0.15, 0.2) is 0 Å². The molecule has 0 aromatic heterocycles. The van der Waals surface area contributed by atoms with Gasteiger partial charge < -0.3 is 25.4 Å². The van der Waals surface area contributed by atoms with Gasteiger partial charge in [-0.05, 0) is 53.4 Å². The molecular weight excluding hydrogens is 298 g/mol. The smallest absolute Gasteiger partial charge is 0.407 e. The Morgan fingerprint density at radius 2 is 1.22 bits per heavy atom. The predicted molar refractivity (Wildman–Crippen MR) is 88.3 cm³/mol. The van der Waals surface area contributed by atoms with E-state index < -0.39 is 23.4 Å². The van der Waals surface area contributed by atoms with Crippen molar-refractivity contribution < 1.29 is 19.1 Å². The minimum Gasteiger partial charge on any atom is -0.444 e. The van der Waals surface area contributed by atoms with Gasteiger partial charge in [-0.1, -0.05) is 0 Å². The molecule has 134 valence electrons. The molecule has 1 rings (SSSR count). The molecule has 3 N–H and O–H groups in total. The first-order valence-corrected chi connectivity index (χ1v) is 8.11. The summed E-state index contributed by atoms with van der Waals surface area (Å²) in [5.41, 5.74) is -1.01. The Bertz CT molecular complexity index is 375. The van der Waals surface area contributed by atoms with Gasteiger partial charge in [-0.2, -0.15) is 0 Å². The molecule has 0 saturated carbocycles. The molecule has 1 heterocycles. The second kappa shape index (κ2) is 7.86. The fraction of sp³-hybridized carbons (Fsp3) is 0.875. The van der Waals surface area contributed by atoms with E-state index in [1.54, 1.807) is 0 Å². The Hall–Kier alpha value is -1.50. The van der Waals surface area contributed by atoms with Gasteiger partial charge in [0.1, 0.15) is 11.2 Å². The Kier molecular flexibility index (Phi) is 6.68. The third kappa shape index (κ3) is 8.64. The number of carbonyl (C=O) groups is 2. The van der Waals surface area contributed by atoms with Crippen molar-refractivity contribution in [2.75, 3.05) is 26.2 Å². The van der Waals surface area contributed by atoms with Gasteiger partial charge in [0, 0.05) is 26.2 Å². The van der Waals surface area contributed by atoms with Crippen LogP contribution in [-0.4, -0.2) is 49.6 Å². The van der Waals surface area contributed by atoms with E-state index in [0.29, 0.717) is 13.1 Å². The van der Waals surface area contributed by atoms with Gasteiger partial charge in [0.25, 0.3) is 0 Å². The molecule has 23 heavy (non-hydrogen) atoms. The minimum absolute atomic E-state index is 0.248. The topological polar surface area (TPSA) is 88.7 Å². The fourth-order valence-electron chi connectivity index (χ4n) is 2.32. The molecule has 0 unspecified atom stereocenters. The largest absolute Gasteiger partial charge is 0.444 e. The first-order valence-electron chi connectivity index (χ1n) is 8.11. The number of amides is 2. The van der Waals surface area contributed by atoms with Gasteiger partial charge in [-0.25, -0.2) is 9.59 Å². The molecule has 0 aromatic carbocycles. The molecule has 1 aliphatic heterocycles.